The van der Waals surface area contributed by atoms with Crippen molar-refractivity contribution in [2.45, 2.75) is 33.1 Å². The summed E-state index contributed by atoms with van der Waals surface area (Å²) < 4.78 is 0. The van der Waals surface area contributed by atoms with Crippen LogP contribution in [0.5, 0.6) is 0 Å². The first-order valence-electron chi connectivity index (χ1n) is 7.69. The topological polar surface area (TPSA) is 41.5 Å². The fourth-order valence-corrected chi connectivity index (χ4v) is 2.13. The number of hydrogen-bond donors (Lipinski definition) is 1. The van der Waals surface area contributed by atoms with Crippen LogP contribution in [0.3, 0.4) is 0 Å². The van der Waals surface area contributed by atoms with Crippen LogP contribution in [0, 0.1) is 6.92 Å². The van der Waals surface area contributed by atoms with E-state index in [2.05, 4.69) is 17.5 Å². The lowest BCUT2D eigenvalue weighted by Crippen LogP contribution is -2.20. The maximum Gasteiger partial charge on any atom is 0.271 e. The van der Waals surface area contributed by atoms with Crippen LogP contribution >= 0.6 is 0 Å². The highest BCUT2D eigenvalue weighted by atomic mass is 16.2. The van der Waals surface area contributed by atoms with Gasteiger partial charge in [0.05, 0.1) is 5.71 Å². The molecular weight excluding hydrogens is 272 g/mol. The molecular formula is C19H22N2O. The van der Waals surface area contributed by atoms with Crippen molar-refractivity contribution < 1.29 is 4.79 Å². The quantitative estimate of drug-likeness (QED) is 0.625. The van der Waals surface area contributed by atoms with Gasteiger partial charge in [0.1, 0.15) is 0 Å². The predicted octanol–water partition coefficient (Wildman–Crippen LogP) is 4.32. The summed E-state index contributed by atoms with van der Waals surface area (Å²) in [6.45, 7) is 4.14. The van der Waals surface area contributed by atoms with Crippen LogP contribution in [0.2, 0.25) is 0 Å². The van der Waals surface area contributed by atoms with Gasteiger partial charge in [-0.25, -0.2) is 5.43 Å². The van der Waals surface area contributed by atoms with E-state index in [1.807, 2.05) is 61.5 Å². The highest BCUT2D eigenvalue weighted by molar-refractivity contribution is 6.02. The second-order valence-electron chi connectivity index (χ2n) is 5.34. The van der Waals surface area contributed by atoms with Crippen molar-refractivity contribution in [3.05, 3.63) is 71.3 Å². The zero-order valence-corrected chi connectivity index (χ0v) is 13.2. The number of nitrogens with one attached hydrogen (secondary N) is 1. The van der Waals surface area contributed by atoms with E-state index in [0.29, 0.717) is 5.56 Å². The zero-order chi connectivity index (χ0) is 15.8. The van der Waals surface area contributed by atoms with Crippen LogP contribution in [0.25, 0.3) is 0 Å². The Bertz CT molecular complexity index is 630. The molecule has 0 bridgehead atoms. The molecule has 0 unspecified atom stereocenters. The lowest BCUT2D eigenvalue weighted by Gasteiger charge is -2.07. The number of hydrazone groups is 1. The first-order valence-corrected chi connectivity index (χ1v) is 7.69. The Balaban J connectivity index is 2.12. The van der Waals surface area contributed by atoms with E-state index in [9.17, 15) is 4.79 Å². The van der Waals surface area contributed by atoms with Gasteiger partial charge >= 0.3 is 0 Å². The minimum absolute atomic E-state index is 0.176. The molecule has 0 aliphatic heterocycles. The van der Waals surface area contributed by atoms with E-state index < -0.39 is 0 Å². The van der Waals surface area contributed by atoms with Gasteiger partial charge in [-0.15, -0.1) is 0 Å². The number of carbonyl (C=O) groups is 1. The Labute approximate surface area is 132 Å². The van der Waals surface area contributed by atoms with Crippen LogP contribution in [-0.2, 0) is 0 Å². The largest absolute Gasteiger partial charge is 0.271 e. The average Bonchev–Trinajstić information content (AvgIpc) is 2.56. The first-order chi connectivity index (χ1) is 10.7. The predicted molar refractivity (Wildman–Crippen MR) is 91.1 cm³/mol. The van der Waals surface area contributed by atoms with E-state index >= 15 is 0 Å². The summed E-state index contributed by atoms with van der Waals surface area (Å²) in [5, 5.41) is 4.35. The number of hydrogen-bond acceptors (Lipinski definition) is 2. The average molecular weight is 294 g/mol. The molecule has 0 aromatic heterocycles. The smallest absolute Gasteiger partial charge is 0.267 e. The van der Waals surface area contributed by atoms with Gasteiger partial charge in [0.2, 0.25) is 0 Å². The number of benzene rings is 2. The third-order valence-corrected chi connectivity index (χ3v) is 3.48. The maximum absolute atomic E-state index is 12.1. The SMILES string of the molecule is CCCC/C(=N/NC(=O)c1ccc(C)cc1)c1ccccc1. The number of unbranched alkanes of at least 4 members (excludes halogenated alkanes) is 1. The number of nitrogens with zero attached hydrogens (tertiary/aromatic N) is 1. The van der Waals surface area contributed by atoms with Crippen LogP contribution in [0.4, 0.5) is 0 Å². The van der Waals surface area contributed by atoms with Crippen molar-refractivity contribution in [1.29, 1.82) is 0 Å². The minimum Gasteiger partial charge on any atom is -0.267 e. The second kappa shape index (κ2) is 8.13. The summed E-state index contributed by atoms with van der Waals surface area (Å²) in [4.78, 5) is 12.1. The normalized spacial score (nSPS) is 11.3. The Hall–Kier alpha value is -2.42. The Kier molecular flexibility index (Phi) is 5.90. The fraction of sp³-hybridized carbons (Fsp3) is 0.263. The van der Waals surface area contributed by atoms with Crippen LogP contribution in [0.15, 0.2) is 59.7 Å². The molecule has 0 fully saturated rings. The monoisotopic (exact) mass is 294 g/mol. The molecule has 3 heteroatoms. The second-order valence-corrected chi connectivity index (χ2v) is 5.34. The Morgan fingerprint density at radius 1 is 1.00 bits per heavy atom. The van der Waals surface area contributed by atoms with Crippen molar-refractivity contribution in [2.75, 3.05) is 0 Å². The van der Waals surface area contributed by atoms with Gasteiger partial charge in [-0.2, -0.15) is 5.10 Å². The van der Waals surface area contributed by atoms with Gasteiger partial charge in [-0.05, 0) is 37.5 Å². The standard InChI is InChI=1S/C19H22N2O/c1-3-4-10-18(16-8-6-5-7-9-16)20-21-19(22)17-13-11-15(2)12-14-17/h5-9,11-14H,3-4,10H2,1-2H3,(H,21,22)/b20-18-. The molecule has 0 radical (unpaired) electrons. The highest BCUT2D eigenvalue weighted by Crippen LogP contribution is 2.08. The Morgan fingerprint density at radius 3 is 2.32 bits per heavy atom. The molecule has 0 heterocycles. The van der Waals surface area contributed by atoms with Gasteiger partial charge in [0, 0.05) is 5.56 Å². The van der Waals surface area contributed by atoms with E-state index in [1.165, 1.54) is 0 Å². The van der Waals surface area contributed by atoms with Crippen molar-refractivity contribution in [3.63, 3.8) is 0 Å². The molecule has 2 aromatic rings. The number of rotatable bonds is 6. The lowest BCUT2D eigenvalue weighted by atomic mass is 10.1. The van der Waals surface area contributed by atoms with Gasteiger partial charge in [0.25, 0.3) is 5.91 Å². The molecule has 22 heavy (non-hydrogen) atoms. The summed E-state index contributed by atoms with van der Waals surface area (Å²) >= 11 is 0. The van der Waals surface area contributed by atoms with Gasteiger partial charge in [-0.1, -0.05) is 61.4 Å². The molecule has 114 valence electrons. The highest BCUT2D eigenvalue weighted by Gasteiger charge is 2.06. The van der Waals surface area contributed by atoms with Crippen molar-refractivity contribution in [2.24, 2.45) is 5.10 Å². The maximum atomic E-state index is 12.1. The molecule has 0 aliphatic carbocycles. The number of carbonyl (C=O) groups excluding carboxylic acids is 1. The van der Waals surface area contributed by atoms with E-state index in [-0.39, 0.29) is 5.91 Å². The van der Waals surface area contributed by atoms with Crippen LogP contribution in [0.1, 0.15) is 47.7 Å². The molecule has 2 aromatic carbocycles. The summed E-state index contributed by atoms with van der Waals surface area (Å²) in [5.41, 5.74) is 6.40. The zero-order valence-electron chi connectivity index (χ0n) is 13.2. The minimum atomic E-state index is -0.176. The van der Waals surface area contributed by atoms with E-state index in [1.54, 1.807) is 0 Å². The number of aryl methyl sites for hydroxylation is 1. The molecule has 1 N–H and O–H groups in total. The molecule has 0 aliphatic rings. The summed E-state index contributed by atoms with van der Waals surface area (Å²) in [6, 6.07) is 17.5. The van der Waals surface area contributed by atoms with E-state index in [0.717, 1.165) is 36.1 Å². The molecule has 1 amide bonds. The van der Waals surface area contributed by atoms with Gasteiger partial charge in [-0.3, -0.25) is 4.79 Å². The lowest BCUT2D eigenvalue weighted by molar-refractivity contribution is 0.0955. The van der Waals surface area contributed by atoms with Crippen molar-refractivity contribution in [3.8, 4) is 0 Å². The van der Waals surface area contributed by atoms with Crippen molar-refractivity contribution >= 4 is 11.6 Å². The van der Waals surface area contributed by atoms with E-state index in [4.69, 9.17) is 0 Å². The molecule has 0 saturated carbocycles. The summed E-state index contributed by atoms with van der Waals surface area (Å²) in [6.07, 6.45) is 3.00. The Morgan fingerprint density at radius 2 is 1.68 bits per heavy atom. The van der Waals surface area contributed by atoms with Gasteiger partial charge in [0.15, 0.2) is 0 Å². The van der Waals surface area contributed by atoms with Crippen molar-refractivity contribution in [1.82, 2.24) is 5.43 Å². The summed E-state index contributed by atoms with van der Waals surface area (Å²) in [7, 11) is 0. The molecule has 0 atom stereocenters. The third kappa shape index (κ3) is 4.55. The molecule has 0 saturated heterocycles. The number of amides is 1. The van der Waals surface area contributed by atoms with Gasteiger partial charge < -0.3 is 0 Å². The first kappa shape index (κ1) is 16.0. The molecule has 3 nitrogen and oxygen atoms in total. The molecule has 2 rings (SSSR count). The summed E-state index contributed by atoms with van der Waals surface area (Å²) in [5.74, 6) is -0.176. The van der Waals surface area contributed by atoms with Crippen LogP contribution in [-0.4, -0.2) is 11.6 Å². The molecule has 0 spiro atoms. The van der Waals surface area contributed by atoms with Crippen LogP contribution < -0.4 is 5.43 Å². The third-order valence-electron chi connectivity index (χ3n) is 3.48. The fourth-order valence-electron chi connectivity index (χ4n) is 2.13.